The van der Waals surface area contributed by atoms with Crippen LogP contribution in [0.2, 0.25) is 0 Å². The van der Waals surface area contributed by atoms with E-state index in [-0.39, 0.29) is 5.56 Å². The molecule has 0 saturated carbocycles. The number of aromatic nitrogens is 1. The van der Waals surface area contributed by atoms with E-state index in [2.05, 4.69) is 4.98 Å². The molecule has 2 amide bonds. The number of carboxylic acid groups (broad SMARTS) is 1. The number of hydrogen-bond acceptors (Lipinski definition) is 3. The molecule has 0 unspecified atom stereocenters. The van der Waals surface area contributed by atoms with Gasteiger partial charge in [-0.15, -0.1) is 0 Å². The molecule has 0 aliphatic carbocycles. The summed E-state index contributed by atoms with van der Waals surface area (Å²) in [6, 6.07) is 9.45. The van der Waals surface area contributed by atoms with Crippen molar-refractivity contribution in [2.75, 3.05) is 0 Å². The predicted molar refractivity (Wildman–Crippen MR) is 76.5 cm³/mol. The van der Waals surface area contributed by atoms with Crippen LogP contribution in [-0.4, -0.2) is 27.0 Å². The van der Waals surface area contributed by atoms with Crippen molar-refractivity contribution in [1.29, 1.82) is 0 Å². The van der Waals surface area contributed by atoms with Crippen LogP contribution >= 0.6 is 0 Å². The van der Waals surface area contributed by atoms with Gasteiger partial charge in [0.2, 0.25) is 0 Å². The number of carbonyl (C=O) groups is 2. The van der Waals surface area contributed by atoms with Gasteiger partial charge in [-0.25, -0.2) is 9.59 Å². The summed E-state index contributed by atoms with van der Waals surface area (Å²) in [6.45, 7) is 0.661. The van der Waals surface area contributed by atoms with Crippen molar-refractivity contribution in [2.24, 2.45) is 5.73 Å². The van der Waals surface area contributed by atoms with Crippen LogP contribution in [0.15, 0.2) is 48.8 Å². The molecule has 2 rings (SSSR count). The molecule has 0 aliphatic heterocycles. The first kappa shape index (κ1) is 14.5. The molecule has 0 radical (unpaired) electrons. The molecular weight excluding hydrogens is 270 g/mol. The normalized spacial score (nSPS) is 10.1. The van der Waals surface area contributed by atoms with E-state index < -0.39 is 12.0 Å². The summed E-state index contributed by atoms with van der Waals surface area (Å²) in [5.41, 5.74) is 7.27. The minimum Gasteiger partial charge on any atom is -0.478 e. The Morgan fingerprint density at radius 2 is 1.76 bits per heavy atom. The summed E-state index contributed by atoms with van der Waals surface area (Å²) >= 11 is 0. The van der Waals surface area contributed by atoms with E-state index in [0.29, 0.717) is 13.1 Å². The lowest BCUT2D eigenvalue weighted by molar-refractivity contribution is 0.0697. The topological polar surface area (TPSA) is 96.5 Å². The maximum atomic E-state index is 11.5. The molecule has 108 valence electrons. The Kier molecular flexibility index (Phi) is 4.50. The van der Waals surface area contributed by atoms with Gasteiger partial charge in [0.25, 0.3) is 0 Å². The van der Waals surface area contributed by atoms with E-state index in [4.69, 9.17) is 10.8 Å². The van der Waals surface area contributed by atoms with Crippen LogP contribution in [0, 0.1) is 0 Å². The van der Waals surface area contributed by atoms with Crippen LogP contribution < -0.4 is 5.73 Å². The molecule has 0 saturated heterocycles. The number of primary amides is 1. The highest BCUT2D eigenvalue weighted by Crippen LogP contribution is 2.10. The van der Waals surface area contributed by atoms with Gasteiger partial charge in [0.05, 0.1) is 5.56 Å². The zero-order chi connectivity index (χ0) is 15.2. The number of nitrogens with zero attached hydrogens (tertiary/aromatic N) is 2. The molecule has 0 aliphatic rings. The average molecular weight is 285 g/mol. The van der Waals surface area contributed by atoms with Crippen molar-refractivity contribution in [3.05, 3.63) is 65.5 Å². The molecule has 21 heavy (non-hydrogen) atoms. The number of aromatic carboxylic acids is 1. The van der Waals surface area contributed by atoms with Crippen LogP contribution in [0.1, 0.15) is 21.5 Å². The summed E-state index contributed by atoms with van der Waals surface area (Å²) in [5, 5.41) is 8.85. The zero-order valence-corrected chi connectivity index (χ0v) is 11.3. The van der Waals surface area contributed by atoms with Gasteiger partial charge >= 0.3 is 12.0 Å². The van der Waals surface area contributed by atoms with E-state index in [9.17, 15) is 9.59 Å². The van der Waals surface area contributed by atoms with E-state index in [1.165, 1.54) is 17.0 Å². The minimum absolute atomic E-state index is 0.205. The molecule has 1 aromatic carbocycles. The van der Waals surface area contributed by atoms with E-state index >= 15 is 0 Å². The summed E-state index contributed by atoms with van der Waals surface area (Å²) in [7, 11) is 0. The molecule has 0 atom stereocenters. The van der Waals surface area contributed by atoms with Crippen molar-refractivity contribution < 1.29 is 14.7 Å². The molecule has 6 heteroatoms. The average Bonchev–Trinajstić information content (AvgIpc) is 2.48. The largest absolute Gasteiger partial charge is 0.478 e. The summed E-state index contributed by atoms with van der Waals surface area (Å²) in [6.07, 6.45) is 3.33. The third kappa shape index (κ3) is 4.04. The van der Waals surface area contributed by atoms with Crippen molar-refractivity contribution in [2.45, 2.75) is 13.1 Å². The van der Waals surface area contributed by atoms with Crippen molar-refractivity contribution in [3.8, 4) is 0 Å². The maximum Gasteiger partial charge on any atom is 0.335 e. The quantitative estimate of drug-likeness (QED) is 0.876. The molecule has 3 N–H and O–H groups in total. The number of pyridine rings is 1. The van der Waals surface area contributed by atoms with Gasteiger partial charge in [0, 0.05) is 25.5 Å². The fraction of sp³-hybridized carbons (Fsp3) is 0.133. The van der Waals surface area contributed by atoms with Crippen LogP contribution in [-0.2, 0) is 13.1 Å². The monoisotopic (exact) mass is 285 g/mol. The molecule has 1 heterocycles. The Balaban J connectivity index is 2.09. The zero-order valence-electron chi connectivity index (χ0n) is 11.3. The number of amides is 2. The van der Waals surface area contributed by atoms with Gasteiger partial charge in [-0.3, -0.25) is 4.98 Å². The second kappa shape index (κ2) is 6.51. The number of benzene rings is 1. The number of urea groups is 1. The molecule has 0 spiro atoms. The maximum absolute atomic E-state index is 11.5. The third-order valence-electron chi connectivity index (χ3n) is 2.98. The third-order valence-corrected chi connectivity index (χ3v) is 2.98. The van der Waals surface area contributed by atoms with Crippen molar-refractivity contribution >= 4 is 12.0 Å². The van der Waals surface area contributed by atoms with Crippen LogP contribution in [0.3, 0.4) is 0 Å². The minimum atomic E-state index is -0.983. The Hall–Kier alpha value is -2.89. The Morgan fingerprint density at radius 1 is 1.10 bits per heavy atom. The van der Waals surface area contributed by atoms with E-state index in [1.54, 1.807) is 30.6 Å². The van der Waals surface area contributed by atoms with Crippen molar-refractivity contribution in [1.82, 2.24) is 9.88 Å². The highest BCUT2D eigenvalue weighted by atomic mass is 16.4. The Morgan fingerprint density at radius 3 is 2.29 bits per heavy atom. The van der Waals surface area contributed by atoms with Gasteiger partial charge in [-0.1, -0.05) is 18.2 Å². The lowest BCUT2D eigenvalue weighted by Crippen LogP contribution is -2.34. The van der Waals surface area contributed by atoms with E-state index in [1.807, 2.05) is 6.07 Å². The second-order valence-electron chi connectivity index (χ2n) is 4.56. The van der Waals surface area contributed by atoms with Gasteiger partial charge in [0.1, 0.15) is 0 Å². The molecule has 0 bridgehead atoms. The lowest BCUT2D eigenvalue weighted by atomic mass is 10.1. The number of carbonyl (C=O) groups excluding carboxylic acids is 1. The first-order valence-electron chi connectivity index (χ1n) is 6.32. The number of rotatable bonds is 5. The number of hydrogen-bond donors (Lipinski definition) is 2. The fourth-order valence-corrected chi connectivity index (χ4v) is 1.90. The van der Waals surface area contributed by atoms with Gasteiger partial charge < -0.3 is 15.7 Å². The van der Waals surface area contributed by atoms with Crippen molar-refractivity contribution in [3.63, 3.8) is 0 Å². The fourth-order valence-electron chi connectivity index (χ4n) is 1.90. The molecule has 6 nitrogen and oxygen atoms in total. The lowest BCUT2D eigenvalue weighted by Gasteiger charge is -2.20. The van der Waals surface area contributed by atoms with Crippen LogP contribution in [0.25, 0.3) is 0 Å². The summed E-state index contributed by atoms with van der Waals surface area (Å²) in [4.78, 5) is 27.8. The molecular formula is C15H15N3O3. The molecule has 2 aromatic rings. The first-order chi connectivity index (χ1) is 10.1. The van der Waals surface area contributed by atoms with Gasteiger partial charge in [-0.2, -0.15) is 0 Å². The first-order valence-corrected chi connectivity index (χ1v) is 6.32. The Bertz CT molecular complexity index is 626. The highest BCUT2D eigenvalue weighted by Gasteiger charge is 2.12. The number of carboxylic acids is 1. The predicted octanol–water partition coefficient (Wildman–Crippen LogP) is 1.86. The Labute approximate surface area is 121 Å². The summed E-state index contributed by atoms with van der Waals surface area (Å²) in [5.74, 6) is -0.983. The standard InChI is InChI=1S/C15H15N3O3/c16-15(21)18(10-12-2-1-7-17-8-12)9-11-3-5-13(6-4-11)14(19)20/h1-8H,9-10H2,(H2,16,21)(H,19,20). The molecule has 1 aromatic heterocycles. The van der Waals surface area contributed by atoms with Crippen LogP contribution in [0.4, 0.5) is 4.79 Å². The highest BCUT2D eigenvalue weighted by molar-refractivity contribution is 5.87. The number of nitrogens with two attached hydrogens (primary N) is 1. The van der Waals surface area contributed by atoms with Gasteiger partial charge in [0.15, 0.2) is 0 Å². The SMILES string of the molecule is NC(=O)N(Cc1ccc(C(=O)O)cc1)Cc1cccnc1. The van der Waals surface area contributed by atoms with Gasteiger partial charge in [-0.05, 0) is 29.3 Å². The second-order valence-corrected chi connectivity index (χ2v) is 4.56. The molecule has 0 fully saturated rings. The smallest absolute Gasteiger partial charge is 0.335 e. The summed E-state index contributed by atoms with van der Waals surface area (Å²) < 4.78 is 0. The van der Waals surface area contributed by atoms with Crippen LogP contribution in [0.5, 0.6) is 0 Å². The van der Waals surface area contributed by atoms with E-state index in [0.717, 1.165) is 11.1 Å².